The number of methoxy groups -OCH3 is 1. The molecular formula is C20H23NO3. The maximum atomic E-state index is 12.4. The van der Waals surface area contributed by atoms with Gasteiger partial charge in [0.25, 0.3) is 5.91 Å². The molecule has 4 nitrogen and oxygen atoms in total. The fourth-order valence-electron chi connectivity index (χ4n) is 2.99. The van der Waals surface area contributed by atoms with Gasteiger partial charge in [-0.3, -0.25) is 4.79 Å². The average molecular weight is 325 g/mol. The van der Waals surface area contributed by atoms with E-state index in [-0.39, 0.29) is 5.91 Å². The van der Waals surface area contributed by atoms with Crippen LogP contribution in [-0.2, 0) is 17.9 Å². The molecule has 0 radical (unpaired) electrons. The molecule has 0 aliphatic carbocycles. The van der Waals surface area contributed by atoms with Crippen LogP contribution in [0.2, 0.25) is 0 Å². The van der Waals surface area contributed by atoms with E-state index in [0.29, 0.717) is 25.7 Å². The Labute approximate surface area is 143 Å². The minimum atomic E-state index is 0.132. The van der Waals surface area contributed by atoms with E-state index in [1.54, 1.807) is 7.11 Å². The van der Waals surface area contributed by atoms with E-state index >= 15 is 0 Å². The van der Waals surface area contributed by atoms with Gasteiger partial charge in [-0.1, -0.05) is 37.3 Å². The highest BCUT2D eigenvalue weighted by atomic mass is 16.5. The second-order valence-electron chi connectivity index (χ2n) is 6.31. The summed E-state index contributed by atoms with van der Waals surface area (Å²) in [5, 5.41) is 0. The first-order valence-electron chi connectivity index (χ1n) is 8.25. The Bertz CT molecular complexity index is 696. The van der Waals surface area contributed by atoms with Crippen LogP contribution in [0.25, 0.3) is 0 Å². The molecule has 0 saturated heterocycles. The topological polar surface area (TPSA) is 38.8 Å². The first-order valence-corrected chi connectivity index (χ1v) is 8.25. The Hall–Kier alpha value is -2.33. The monoisotopic (exact) mass is 325 g/mol. The Morgan fingerprint density at radius 2 is 1.88 bits per heavy atom. The lowest BCUT2D eigenvalue weighted by atomic mass is 10.1. The minimum absolute atomic E-state index is 0.132. The summed E-state index contributed by atoms with van der Waals surface area (Å²) >= 11 is 0. The van der Waals surface area contributed by atoms with Crippen molar-refractivity contribution in [1.29, 1.82) is 0 Å². The van der Waals surface area contributed by atoms with Crippen molar-refractivity contribution in [2.75, 3.05) is 20.3 Å². The first-order chi connectivity index (χ1) is 11.7. The molecule has 1 aliphatic rings. The van der Waals surface area contributed by atoms with Gasteiger partial charge in [-0.25, -0.2) is 0 Å². The van der Waals surface area contributed by atoms with Gasteiger partial charge in [0.05, 0.1) is 20.3 Å². The van der Waals surface area contributed by atoms with Gasteiger partial charge < -0.3 is 14.4 Å². The van der Waals surface area contributed by atoms with E-state index < -0.39 is 0 Å². The summed E-state index contributed by atoms with van der Waals surface area (Å²) in [7, 11) is 1.66. The number of hydrogen-bond donors (Lipinski definition) is 0. The molecule has 0 aromatic heterocycles. The Kier molecular flexibility index (Phi) is 5.16. The van der Waals surface area contributed by atoms with Gasteiger partial charge >= 0.3 is 0 Å². The second kappa shape index (κ2) is 7.49. The standard InChI is InChI=1S/C20H23NO3/c1-15(13-24-14-16-7-9-18(23-2)10-8-16)11-21-12-17-5-3-4-6-19(17)20(21)22/h3-10,15H,11-14H2,1-2H3/t15-/m1/s1. The van der Waals surface area contributed by atoms with Crippen molar-refractivity contribution < 1.29 is 14.3 Å². The summed E-state index contributed by atoms with van der Waals surface area (Å²) in [6.07, 6.45) is 0. The van der Waals surface area contributed by atoms with Crippen LogP contribution in [0.1, 0.15) is 28.4 Å². The van der Waals surface area contributed by atoms with E-state index in [4.69, 9.17) is 9.47 Å². The molecule has 0 saturated carbocycles. The van der Waals surface area contributed by atoms with Crippen molar-refractivity contribution in [2.24, 2.45) is 5.92 Å². The predicted octanol–water partition coefficient (Wildman–Crippen LogP) is 3.50. The number of hydrogen-bond acceptors (Lipinski definition) is 3. The van der Waals surface area contributed by atoms with Gasteiger partial charge in [-0.05, 0) is 35.2 Å². The largest absolute Gasteiger partial charge is 0.497 e. The quantitative estimate of drug-likeness (QED) is 0.782. The van der Waals surface area contributed by atoms with Crippen LogP contribution in [0.5, 0.6) is 5.75 Å². The lowest BCUT2D eigenvalue weighted by Gasteiger charge is -2.20. The number of fused-ring (bicyclic) bond motifs is 1. The first kappa shape index (κ1) is 16.5. The number of benzene rings is 2. The van der Waals surface area contributed by atoms with Crippen LogP contribution < -0.4 is 4.74 Å². The van der Waals surface area contributed by atoms with Crippen molar-refractivity contribution in [3.63, 3.8) is 0 Å². The Morgan fingerprint density at radius 1 is 1.12 bits per heavy atom. The number of nitrogens with zero attached hydrogens (tertiary/aromatic N) is 1. The second-order valence-corrected chi connectivity index (χ2v) is 6.31. The summed E-state index contributed by atoms with van der Waals surface area (Å²) in [6.45, 7) is 4.74. The molecule has 1 atom stereocenters. The molecule has 0 bridgehead atoms. The summed E-state index contributed by atoms with van der Waals surface area (Å²) in [6, 6.07) is 15.7. The Balaban J connectivity index is 1.45. The van der Waals surface area contributed by atoms with E-state index in [1.807, 2.05) is 53.4 Å². The molecule has 1 amide bonds. The fourth-order valence-corrected chi connectivity index (χ4v) is 2.99. The lowest BCUT2D eigenvalue weighted by Crippen LogP contribution is -2.30. The van der Waals surface area contributed by atoms with Gasteiger partial charge in [0.2, 0.25) is 0 Å². The van der Waals surface area contributed by atoms with Crippen molar-refractivity contribution in [3.05, 3.63) is 65.2 Å². The number of ether oxygens (including phenoxy) is 2. The zero-order valence-electron chi connectivity index (χ0n) is 14.2. The van der Waals surface area contributed by atoms with E-state index in [0.717, 1.165) is 29.0 Å². The molecular weight excluding hydrogens is 302 g/mol. The summed E-state index contributed by atoms with van der Waals surface area (Å²) in [4.78, 5) is 14.3. The van der Waals surface area contributed by atoms with Crippen molar-refractivity contribution in [1.82, 2.24) is 4.90 Å². The molecule has 4 heteroatoms. The summed E-state index contributed by atoms with van der Waals surface area (Å²) in [5.74, 6) is 1.27. The van der Waals surface area contributed by atoms with Gasteiger partial charge in [-0.2, -0.15) is 0 Å². The van der Waals surface area contributed by atoms with Crippen LogP contribution in [0.15, 0.2) is 48.5 Å². The van der Waals surface area contributed by atoms with E-state index in [2.05, 4.69) is 6.92 Å². The maximum Gasteiger partial charge on any atom is 0.254 e. The van der Waals surface area contributed by atoms with Crippen LogP contribution in [0.4, 0.5) is 0 Å². The number of carbonyl (C=O) groups excluding carboxylic acids is 1. The third kappa shape index (κ3) is 3.77. The molecule has 1 heterocycles. The van der Waals surface area contributed by atoms with Gasteiger partial charge in [0.15, 0.2) is 0 Å². The molecule has 126 valence electrons. The van der Waals surface area contributed by atoms with Crippen LogP contribution in [0, 0.1) is 5.92 Å². The molecule has 0 fully saturated rings. The maximum absolute atomic E-state index is 12.4. The molecule has 2 aromatic rings. The van der Waals surface area contributed by atoms with E-state index in [1.165, 1.54) is 0 Å². The zero-order valence-corrected chi connectivity index (χ0v) is 14.2. The minimum Gasteiger partial charge on any atom is -0.497 e. The summed E-state index contributed by atoms with van der Waals surface area (Å²) < 4.78 is 10.9. The van der Waals surface area contributed by atoms with Crippen LogP contribution >= 0.6 is 0 Å². The third-order valence-electron chi connectivity index (χ3n) is 4.26. The normalized spacial score (nSPS) is 14.6. The molecule has 24 heavy (non-hydrogen) atoms. The van der Waals surface area contributed by atoms with E-state index in [9.17, 15) is 4.79 Å². The van der Waals surface area contributed by atoms with Gasteiger partial charge in [0, 0.05) is 18.7 Å². The molecule has 1 aliphatic heterocycles. The zero-order chi connectivity index (χ0) is 16.9. The molecule has 3 rings (SSSR count). The predicted molar refractivity (Wildman–Crippen MR) is 93.0 cm³/mol. The molecule has 0 N–H and O–H groups in total. The van der Waals surface area contributed by atoms with Gasteiger partial charge in [-0.15, -0.1) is 0 Å². The number of rotatable bonds is 7. The molecule has 0 spiro atoms. The third-order valence-corrected chi connectivity index (χ3v) is 4.26. The lowest BCUT2D eigenvalue weighted by molar-refractivity contribution is 0.0613. The fraction of sp³-hybridized carbons (Fsp3) is 0.350. The van der Waals surface area contributed by atoms with Crippen molar-refractivity contribution >= 4 is 5.91 Å². The average Bonchev–Trinajstić information content (AvgIpc) is 2.92. The van der Waals surface area contributed by atoms with Gasteiger partial charge in [0.1, 0.15) is 5.75 Å². The van der Waals surface area contributed by atoms with Crippen molar-refractivity contribution in [2.45, 2.75) is 20.1 Å². The smallest absolute Gasteiger partial charge is 0.254 e. The number of amides is 1. The Morgan fingerprint density at radius 3 is 2.58 bits per heavy atom. The highest BCUT2D eigenvalue weighted by molar-refractivity contribution is 5.98. The highest BCUT2D eigenvalue weighted by Crippen LogP contribution is 2.23. The highest BCUT2D eigenvalue weighted by Gasteiger charge is 2.27. The van der Waals surface area contributed by atoms with Crippen LogP contribution in [0.3, 0.4) is 0 Å². The SMILES string of the molecule is COc1ccc(COC[C@H](C)CN2Cc3ccccc3C2=O)cc1. The molecule has 0 unspecified atom stereocenters. The number of carbonyl (C=O) groups is 1. The summed E-state index contributed by atoms with van der Waals surface area (Å²) in [5.41, 5.74) is 3.07. The van der Waals surface area contributed by atoms with Crippen LogP contribution in [-0.4, -0.2) is 31.1 Å². The molecule has 2 aromatic carbocycles. The van der Waals surface area contributed by atoms with Crippen molar-refractivity contribution in [3.8, 4) is 5.75 Å².